The molecule has 0 saturated carbocycles. The molecule has 0 fully saturated rings. The SMILES string of the molecule is CNC(=O)c1ccc(C)c(/N=N/c2c(O)c(C(=O)Nc3ccccc3)cc3ccccc23)c1. The second-order valence-electron chi connectivity index (χ2n) is 7.44. The number of hydrogen-bond donors (Lipinski definition) is 3. The van der Waals surface area contributed by atoms with E-state index >= 15 is 0 Å². The quantitative estimate of drug-likeness (QED) is 0.339. The maximum Gasteiger partial charge on any atom is 0.259 e. The number of benzene rings is 4. The van der Waals surface area contributed by atoms with E-state index in [1.54, 1.807) is 49.5 Å². The summed E-state index contributed by atoms with van der Waals surface area (Å²) in [6.07, 6.45) is 0. The Kier molecular flexibility index (Phi) is 6.13. The molecule has 0 aliphatic heterocycles. The van der Waals surface area contributed by atoms with E-state index in [4.69, 9.17) is 0 Å². The third-order valence-electron chi connectivity index (χ3n) is 5.23. The molecule has 3 N–H and O–H groups in total. The second kappa shape index (κ2) is 9.32. The Morgan fingerprint density at radius 1 is 0.848 bits per heavy atom. The van der Waals surface area contributed by atoms with Crippen LogP contribution in [0.25, 0.3) is 10.8 Å². The summed E-state index contributed by atoms with van der Waals surface area (Å²) in [7, 11) is 1.56. The fourth-order valence-corrected chi connectivity index (χ4v) is 3.42. The average molecular weight is 438 g/mol. The number of para-hydroxylation sites is 1. The lowest BCUT2D eigenvalue weighted by Crippen LogP contribution is -2.17. The number of rotatable bonds is 5. The van der Waals surface area contributed by atoms with Crippen molar-refractivity contribution in [2.24, 2.45) is 10.2 Å². The van der Waals surface area contributed by atoms with Gasteiger partial charge in [0.2, 0.25) is 0 Å². The Morgan fingerprint density at radius 2 is 1.58 bits per heavy atom. The van der Waals surface area contributed by atoms with Gasteiger partial charge in [0, 0.05) is 23.7 Å². The van der Waals surface area contributed by atoms with Crippen molar-refractivity contribution < 1.29 is 14.7 Å². The summed E-state index contributed by atoms with van der Waals surface area (Å²) in [6, 6.07) is 23.0. The Morgan fingerprint density at radius 3 is 2.33 bits per heavy atom. The number of aromatic hydroxyl groups is 1. The lowest BCUT2D eigenvalue weighted by Gasteiger charge is -2.11. The fourth-order valence-electron chi connectivity index (χ4n) is 3.42. The van der Waals surface area contributed by atoms with Gasteiger partial charge in [0.1, 0.15) is 5.69 Å². The zero-order valence-corrected chi connectivity index (χ0v) is 18.2. The lowest BCUT2D eigenvalue weighted by molar-refractivity contribution is 0.0962. The number of phenols is 1. The molecule has 7 heteroatoms. The van der Waals surface area contributed by atoms with Crippen molar-refractivity contribution in [1.29, 1.82) is 0 Å². The van der Waals surface area contributed by atoms with Crippen LogP contribution >= 0.6 is 0 Å². The normalized spacial score (nSPS) is 11.0. The van der Waals surface area contributed by atoms with Crippen molar-refractivity contribution in [2.75, 3.05) is 12.4 Å². The number of fused-ring (bicyclic) bond motifs is 1. The van der Waals surface area contributed by atoms with Crippen molar-refractivity contribution >= 4 is 39.6 Å². The summed E-state index contributed by atoms with van der Waals surface area (Å²) >= 11 is 0. The summed E-state index contributed by atoms with van der Waals surface area (Å²) in [5.74, 6) is -0.969. The highest BCUT2D eigenvalue weighted by atomic mass is 16.3. The zero-order valence-electron chi connectivity index (χ0n) is 18.2. The van der Waals surface area contributed by atoms with Gasteiger partial charge in [-0.1, -0.05) is 48.5 Å². The van der Waals surface area contributed by atoms with Crippen LogP contribution in [0.2, 0.25) is 0 Å². The molecule has 2 amide bonds. The van der Waals surface area contributed by atoms with Crippen LogP contribution < -0.4 is 10.6 Å². The molecule has 0 aliphatic carbocycles. The van der Waals surface area contributed by atoms with Crippen LogP contribution in [0.3, 0.4) is 0 Å². The van der Waals surface area contributed by atoms with Gasteiger partial charge in [-0.05, 0) is 48.2 Å². The number of carbonyl (C=O) groups excluding carboxylic acids is 2. The van der Waals surface area contributed by atoms with Crippen LogP contribution in [0.4, 0.5) is 17.1 Å². The molecular formula is C26H22N4O3. The van der Waals surface area contributed by atoms with Crippen LogP contribution in [0.1, 0.15) is 26.3 Å². The molecule has 0 unspecified atom stereocenters. The van der Waals surface area contributed by atoms with E-state index in [0.717, 1.165) is 10.9 Å². The predicted octanol–water partition coefficient (Wildman–Crippen LogP) is 5.88. The summed E-state index contributed by atoms with van der Waals surface area (Å²) < 4.78 is 0. The van der Waals surface area contributed by atoms with Gasteiger partial charge in [-0.25, -0.2) is 0 Å². The first-order valence-corrected chi connectivity index (χ1v) is 10.3. The average Bonchev–Trinajstić information content (AvgIpc) is 2.84. The van der Waals surface area contributed by atoms with Crippen LogP contribution in [0, 0.1) is 6.92 Å². The first-order chi connectivity index (χ1) is 16.0. The minimum atomic E-state index is -0.460. The molecule has 4 rings (SSSR count). The molecule has 0 radical (unpaired) electrons. The molecule has 0 aliphatic rings. The van der Waals surface area contributed by atoms with Crippen molar-refractivity contribution in [3.05, 3.63) is 95.6 Å². The molecule has 0 atom stereocenters. The predicted molar refractivity (Wildman–Crippen MR) is 129 cm³/mol. The maximum atomic E-state index is 12.9. The zero-order chi connectivity index (χ0) is 23.4. The van der Waals surface area contributed by atoms with E-state index < -0.39 is 5.91 Å². The molecule has 4 aromatic rings. The Hall–Kier alpha value is -4.52. The van der Waals surface area contributed by atoms with Gasteiger partial charge in [-0.2, -0.15) is 5.11 Å². The van der Waals surface area contributed by atoms with Crippen LogP contribution in [-0.2, 0) is 0 Å². The van der Waals surface area contributed by atoms with Gasteiger partial charge in [-0.15, -0.1) is 5.11 Å². The molecule has 0 heterocycles. The van der Waals surface area contributed by atoms with Crippen molar-refractivity contribution in [1.82, 2.24) is 5.32 Å². The van der Waals surface area contributed by atoms with Crippen molar-refractivity contribution in [3.63, 3.8) is 0 Å². The number of hydrogen-bond acceptors (Lipinski definition) is 5. The van der Waals surface area contributed by atoms with Gasteiger partial charge in [-0.3, -0.25) is 9.59 Å². The summed E-state index contributed by atoms with van der Waals surface area (Å²) in [5.41, 5.74) is 2.62. The number of nitrogens with one attached hydrogen (secondary N) is 2. The molecule has 0 aromatic heterocycles. The Bertz CT molecular complexity index is 1380. The van der Waals surface area contributed by atoms with E-state index in [2.05, 4.69) is 20.9 Å². The number of anilines is 1. The third kappa shape index (κ3) is 4.57. The first kappa shape index (κ1) is 21.7. The molecule has 0 bridgehead atoms. The van der Waals surface area contributed by atoms with Gasteiger partial charge < -0.3 is 15.7 Å². The summed E-state index contributed by atoms with van der Waals surface area (Å²) in [5, 5.41) is 26.3. The molecule has 164 valence electrons. The highest BCUT2D eigenvalue weighted by Crippen LogP contribution is 2.40. The fraction of sp³-hybridized carbons (Fsp3) is 0.0769. The largest absolute Gasteiger partial charge is 0.505 e. The monoisotopic (exact) mass is 438 g/mol. The van der Waals surface area contributed by atoms with Crippen molar-refractivity contribution in [2.45, 2.75) is 6.92 Å². The minimum absolute atomic E-state index is 0.0855. The lowest BCUT2D eigenvalue weighted by atomic mass is 10.0. The Balaban J connectivity index is 1.78. The molecule has 33 heavy (non-hydrogen) atoms. The molecule has 0 spiro atoms. The topological polar surface area (TPSA) is 103 Å². The number of amides is 2. The van der Waals surface area contributed by atoms with E-state index in [-0.39, 0.29) is 22.9 Å². The minimum Gasteiger partial charge on any atom is -0.505 e. The Labute approximate surface area is 190 Å². The van der Waals surface area contributed by atoms with E-state index in [9.17, 15) is 14.7 Å². The second-order valence-corrected chi connectivity index (χ2v) is 7.44. The first-order valence-electron chi connectivity index (χ1n) is 10.3. The summed E-state index contributed by atoms with van der Waals surface area (Å²) in [4.78, 5) is 24.9. The maximum absolute atomic E-state index is 12.9. The van der Waals surface area contributed by atoms with Gasteiger partial charge in [0.15, 0.2) is 5.75 Å². The number of azo groups is 1. The molecular weight excluding hydrogens is 416 g/mol. The highest BCUT2D eigenvalue weighted by molar-refractivity contribution is 6.11. The number of phenolic OH excluding ortho intramolecular Hbond substituents is 1. The standard InChI is InChI=1S/C26H22N4O3/c1-16-12-13-18(25(32)27-2)15-22(16)29-30-23-20-11-7-6-8-17(20)14-21(24(23)31)26(33)28-19-9-4-3-5-10-19/h3-15,31H,1-2H3,(H,27,32)(H,28,33)/b30-29+. The van der Waals surface area contributed by atoms with Crippen LogP contribution in [0.15, 0.2) is 89.1 Å². The molecule has 0 saturated heterocycles. The third-order valence-corrected chi connectivity index (χ3v) is 5.23. The molecule has 4 aromatic carbocycles. The van der Waals surface area contributed by atoms with E-state index in [1.807, 2.05) is 43.3 Å². The highest BCUT2D eigenvalue weighted by Gasteiger charge is 2.18. The van der Waals surface area contributed by atoms with Crippen LogP contribution in [-0.4, -0.2) is 24.0 Å². The number of carbonyl (C=O) groups is 2. The summed E-state index contributed by atoms with van der Waals surface area (Å²) in [6.45, 7) is 1.85. The van der Waals surface area contributed by atoms with Crippen molar-refractivity contribution in [3.8, 4) is 5.75 Å². The van der Waals surface area contributed by atoms with E-state index in [1.165, 1.54) is 0 Å². The van der Waals surface area contributed by atoms with Gasteiger partial charge in [0.05, 0.1) is 11.3 Å². The molecule has 7 nitrogen and oxygen atoms in total. The van der Waals surface area contributed by atoms with Crippen LogP contribution in [0.5, 0.6) is 5.75 Å². The number of nitrogens with zero attached hydrogens (tertiary/aromatic N) is 2. The smallest absolute Gasteiger partial charge is 0.259 e. The van der Waals surface area contributed by atoms with Gasteiger partial charge in [0.25, 0.3) is 11.8 Å². The van der Waals surface area contributed by atoms with Gasteiger partial charge >= 0.3 is 0 Å². The van der Waals surface area contributed by atoms with E-state index in [0.29, 0.717) is 22.3 Å². The number of aryl methyl sites for hydroxylation is 1.